The number of nitrogens with two attached hydrogens (primary N) is 2. The average molecular weight is 370 g/mol. The summed E-state index contributed by atoms with van der Waals surface area (Å²) < 4.78 is 5.36. The zero-order chi connectivity index (χ0) is 19.6. The smallest absolute Gasteiger partial charge is 0.534 e. The molecule has 0 spiro atoms. The van der Waals surface area contributed by atoms with Gasteiger partial charge in [0.1, 0.15) is 11.4 Å². The third kappa shape index (κ3) is 3.77. The summed E-state index contributed by atoms with van der Waals surface area (Å²) in [6.07, 6.45) is 1.72. The van der Waals surface area contributed by atoms with Crippen molar-refractivity contribution in [3.05, 3.63) is 58.4 Å². The Kier molecular flexibility index (Phi) is 5.40. The van der Waals surface area contributed by atoms with Gasteiger partial charge in [-0.25, -0.2) is 4.79 Å². The minimum atomic E-state index is -1.39. The maximum Gasteiger partial charge on any atom is 0.547 e. The van der Waals surface area contributed by atoms with E-state index in [0.717, 1.165) is 11.1 Å². The fraction of sp³-hybridized carbons (Fsp3) is 0.235. The van der Waals surface area contributed by atoms with Crippen LogP contribution in [0.2, 0.25) is 0 Å². The van der Waals surface area contributed by atoms with Gasteiger partial charge in [-0.3, -0.25) is 9.78 Å². The maximum atomic E-state index is 12.5. The van der Waals surface area contributed by atoms with Crippen LogP contribution in [0.1, 0.15) is 37.5 Å². The first-order valence-corrected chi connectivity index (χ1v) is 8.33. The molecular formula is C17H19BN4O5. The number of hydrogen-bond acceptors (Lipinski definition) is 7. The van der Waals surface area contributed by atoms with Crippen LogP contribution in [0.25, 0.3) is 0 Å². The van der Waals surface area contributed by atoms with Gasteiger partial charge in [0.25, 0.3) is 5.91 Å². The van der Waals surface area contributed by atoms with Crippen molar-refractivity contribution in [1.82, 2.24) is 10.3 Å². The molecule has 0 unspecified atom stereocenters. The molecule has 0 saturated carbocycles. The van der Waals surface area contributed by atoms with E-state index in [2.05, 4.69) is 10.3 Å². The molecule has 2 aromatic rings. The molecular weight excluding hydrogens is 351 g/mol. The van der Waals surface area contributed by atoms with Gasteiger partial charge in [-0.05, 0) is 35.2 Å². The van der Waals surface area contributed by atoms with Crippen molar-refractivity contribution in [2.75, 3.05) is 0 Å². The number of carbonyl (C=O) groups is 2. The van der Waals surface area contributed by atoms with E-state index >= 15 is 0 Å². The lowest BCUT2D eigenvalue weighted by Crippen LogP contribution is -2.53. The number of nitrogens with zero attached hydrogens (tertiary/aromatic N) is 1. The molecule has 0 bridgehead atoms. The molecule has 9 nitrogen and oxygen atoms in total. The number of pyridine rings is 1. The van der Waals surface area contributed by atoms with Crippen LogP contribution in [0.3, 0.4) is 0 Å². The van der Waals surface area contributed by atoms with E-state index in [9.17, 15) is 19.7 Å². The molecule has 1 atom stereocenters. The molecule has 0 fully saturated rings. The standard InChI is InChI=1S/C17H19BN4O5/c19-6-10-4-13(21-8-11(10)7-20)16(23)22-14-5-9-2-1-3-12(17(24)25)15(9)27-18(14)26/h1-4,8,14,26H,5-7,19-20H2,(H,22,23)(H,24,25)/t14-/m0/s1. The summed E-state index contributed by atoms with van der Waals surface area (Å²) in [4.78, 5) is 27.9. The minimum absolute atomic E-state index is 0.0389. The first kappa shape index (κ1) is 18.8. The predicted octanol–water partition coefficient (Wildman–Crippen LogP) is -0.550. The van der Waals surface area contributed by atoms with Crippen LogP contribution >= 0.6 is 0 Å². The second kappa shape index (κ2) is 7.74. The number of carbonyl (C=O) groups excluding carboxylic acids is 1. The van der Waals surface area contributed by atoms with E-state index in [1.54, 1.807) is 18.2 Å². The Balaban J connectivity index is 1.79. The summed E-state index contributed by atoms with van der Waals surface area (Å²) >= 11 is 0. The molecule has 7 N–H and O–H groups in total. The van der Waals surface area contributed by atoms with Crippen LogP contribution in [-0.4, -0.2) is 40.1 Å². The van der Waals surface area contributed by atoms with Crippen molar-refractivity contribution in [2.45, 2.75) is 25.5 Å². The van der Waals surface area contributed by atoms with Crippen molar-refractivity contribution in [2.24, 2.45) is 11.5 Å². The van der Waals surface area contributed by atoms with E-state index in [0.29, 0.717) is 5.56 Å². The molecule has 1 aromatic heterocycles. The Hall–Kier alpha value is -2.95. The topological polar surface area (TPSA) is 161 Å². The van der Waals surface area contributed by atoms with E-state index in [4.69, 9.17) is 16.1 Å². The maximum absolute atomic E-state index is 12.5. The molecule has 0 aliphatic carbocycles. The number of benzene rings is 1. The summed E-state index contributed by atoms with van der Waals surface area (Å²) in [6.45, 7) is 0.481. The lowest BCUT2D eigenvalue weighted by molar-refractivity contribution is 0.0693. The number of rotatable bonds is 5. The summed E-state index contributed by atoms with van der Waals surface area (Å²) in [5.74, 6) is -2.30. The SMILES string of the molecule is NCc1cnc(C(=O)N[C@H]2Cc3cccc(C(=O)O)c3OB2O)cc1CN. The third-order valence-corrected chi connectivity index (χ3v) is 4.42. The van der Waals surface area contributed by atoms with Crippen molar-refractivity contribution < 1.29 is 24.4 Å². The van der Waals surface area contributed by atoms with Crippen molar-refractivity contribution in [1.29, 1.82) is 0 Å². The van der Waals surface area contributed by atoms with Crippen molar-refractivity contribution in [3.63, 3.8) is 0 Å². The molecule has 1 amide bonds. The molecule has 10 heteroatoms. The van der Waals surface area contributed by atoms with E-state index in [-0.39, 0.29) is 36.5 Å². The minimum Gasteiger partial charge on any atom is -0.534 e. The monoisotopic (exact) mass is 370 g/mol. The van der Waals surface area contributed by atoms with Crippen LogP contribution in [0.5, 0.6) is 5.75 Å². The normalized spacial score (nSPS) is 15.7. The van der Waals surface area contributed by atoms with E-state index in [1.165, 1.54) is 12.3 Å². The van der Waals surface area contributed by atoms with Crippen LogP contribution in [0.15, 0.2) is 30.5 Å². The second-order valence-corrected chi connectivity index (χ2v) is 6.14. The second-order valence-electron chi connectivity index (χ2n) is 6.14. The molecule has 27 heavy (non-hydrogen) atoms. The molecule has 0 saturated heterocycles. The predicted molar refractivity (Wildman–Crippen MR) is 97.0 cm³/mol. The van der Waals surface area contributed by atoms with Gasteiger partial charge in [0.05, 0.1) is 11.5 Å². The Morgan fingerprint density at radius 1 is 1.30 bits per heavy atom. The Bertz CT molecular complexity index is 892. The Labute approximate surface area is 155 Å². The molecule has 1 aliphatic heterocycles. The first-order valence-electron chi connectivity index (χ1n) is 8.33. The summed E-state index contributed by atoms with van der Waals surface area (Å²) in [7, 11) is -1.39. The summed E-state index contributed by atoms with van der Waals surface area (Å²) in [6, 6.07) is 6.23. The molecule has 2 heterocycles. The Morgan fingerprint density at radius 3 is 2.70 bits per heavy atom. The summed E-state index contributed by atoms with van der Waals surface area (Å²) in [5.41, 5.74) is 13.4. The average Bonchev–Trinajstić information content (AvgIpc) is 2.67. The molecule has 1 aliphatic rings. The number of carboxylic acids is 1. The first-order chi connectivity index (χ1) is 12.9. The van der Waals surface area contributed by atoms with Crippen LogP contribution in [-0.2, 0) is 19.5 Å². The fourth-order valence-corrected chi connectivity index (χ4v) is 2.98. The van der Waals surface area contributed by atoms with Crippen molar-refractivity contribution >= 4 is 19.0 Å². The highest BCUT2D eigenvalue weighted by atomic mass is 16.5. The quantitative estimate of drug-likeness (QED) is 0.438. The van der Waals surface area contributed by atoms with Gasteiger partial charge in [0.2, 0.25) is 0 Å². The number of para-hydroxylation sites is 1. The summed E-state index contributed by atoms with van der Waals surface area (Å²) in [5, 5.41) is 22.1. The van der Waals surface area contributed by atoms with Gasteiger partial charge in [-0.1, -0.05) is 12.1 Å². The number of fused-ring (bicyclic) bond motifs is 1. The van der Waals surface area contributed by atoms with Crippen molar-refractivity contribution in [3.8, 4) is 5.75 Å². The molecule has 0 radical (unpaired) electrons. The number of amides is 1. The highest BCUT2D eigenvalue weighted by Gasteiger charge is 2.38. The number of aromatic nitrogens is 1. The van der Waals surface area contributed by atoms with E-state index in [1.807, 2.05) is 0 Å². The number of hydrogen-bond donors (Lipinski definition) is 5. The van der Waals surface area contributed by atoms with Gasteiger partial charge >= 0.3 is 13.1 Å². The zero-order valence-electron chi connectivity index (χ0n) is 14.4. The van der Waals surface area contributed by atoms with Gasteiger partial charge in [-0.2, -0.15) is 0 Å². The molecule has 3 rings (SSSR count). The van der Waals surface area contributed by atoms with Crippen LogP contribution < -0.4 is 21.4 Å². The third-order valence-electron chi connectivity index (χ3n) is 4.42. The number of aromatic carboxylic acids is 1. The van der Waals surface area contributed by atoms with Gasteiger partial charge < -0.3 is 31.6 Å². The van der Waals surface area contributed by atoms with Gasteiger partial charge in [0.15, 0.2) is 0 Å². The number of carboxylic acid groups (broad SMARTS) is 1. The fourth-order valence-electron chi connectivity index (χ4n) is 2.98. The highest BCUT2D eigenvalue weighted by Crippen LogP contribution is 2.30. The van der Waals surface area contributed by atoms with Crippen LogP contribution in [0.4, 0.5) is 0 Å². The lowest BCUT2D eigenvalue weighted by Gasteiger charge is -2.28. The van der Waals surface area contributed by atoms with E-state index < -0.39 is 24.9 Å². The van der Waals surface area contributed by atoms with Crippen LogP contribution in [0, 0.1) is 0 Å². The molecule has 1 aromatic carbocycles. The largest absolute Gasteiger partial charge is 0.547 e. The van der Waals surface area contributed by atoms with Gasteiger partial charge in [0, 0.05) is 19.3 Å². The number of nitrogens with one attached hydrogen (secondary N) is 1. The van der Waals surface area contributed by atoms with Gasteiger partial charge in [-0.15, -0.1) is 0 Å². The Morgan fingerprint density at radius 2 is 2.04 bits per heavy atom. The zero-order valence-corrected chi connectivity index (χ0v) is 14.4. The lowest BCUT2D eigenvalue weighted by atomic mass is 9.72. The highest BCUT2D eigenvalue weighted by molar-refractivity contribution is 6.47. The molecule has 140 valence electrons.